The maximum atomic E-state index is 8.95. The Labute approximate surface area is 131 Å². The largest absolute Gasteiger partial charge is 0.494 e. The van der Waals surface area contributed by atoms with E-state index in [-0.39, 0.29) is 0 Å². The van der Waals surface area contributed by atoms with Crippen molar-refractivity contribution < 1.29 is 9.94 Å². The van der Waals surface area contributed by atoms with Crippen LogP contribution in [-0.2, 0) is 12.8 Å². The van der Waals surface area contributed by atoms with Crippen molar-refractivity contribution in [2.45, 2.75) is 39.0 Å². The van der Waals surface area contributed by atoms with Crippen molar-refractivity contribution in [2.24, 2.45) is 5.16 Å². The summed E-state index contributed by atoms with van der Waals surface area (Å²) in [6.07, 6.45) is 7.93. The molecule has 1 aromatic carbocycles. The number of benzene rings is 1. The normalized spacial score (nSPS) is 11.6. The summed E-state index contributed by atoms with van der Waals surface area (Å²) in [6, 6.07) is 7.96. The summed E-state index contributed by atoms with van der Waals surface area (Å²) in [6.45, 7) is 2.75. The predicted octanol–water partition coefficient (Wildman–Crippen LogP) is 3.59. The molecule has 0 fully saturated rings. The highest BCUT2D eigenvalue weighted by Crippen LogP contribution is 2.14. The van der Waals surface area contributed by atoms with Gasteiger partial charge in [0.1, 0.15) is 5.75 Å². The molecule has 1 heterocycles. The fourth-order valence-electron chi connectivity index (χ4n) is 2.27. The molecule has 5 heteroatoms. The van der Waals surface area contributed by atoms with Gasteiger partial charge in [0.2, 0.25) is 0 Å². The molecule has 0 saturated heterocycles. The van der Waals surface area contributed by atoms with Crippen molar-refractivity contribution >= 4 is 5.71 Å². The van der Waals surface area contributed by atoms with Gasteiger partial charge in [0.05, 0.1) is 24.3 Å². The van der Waals surface area contributed by atoms with Gasteiger partial charge in [-0.05, 0) is 37.0 Å². The van der Waals surface area contributed by atoms with Crippen LogP contribution in [0.3, 0.4) is 0 Å². The highest BCUT2D eigenvalue weighted by atomic mass is 16.5. The van der Waals surface area contributed by atoms with Gasteiger partial charge in [-0.25, -0.2) is 4.98 Å². The van der Waals surface area contributed by atoms with Crippen molar-refractivity contribution in [3.05, 3.63) is 48.0 Å². The molecule has 0 radical (unpaired) electrons. The number of H-pyrrole nitrogens is 1. The molecule has 0 aliphatic carbocycles. The number of rotatable bonds is 9. The molecule has 1 aromatic heterocycles. The lowest BCUT2D eigenvalue weighted by atomic mass is 10.1. The molecule has 2 N–H and O–H groups in total. The minimum absolute atomic E-state index is 0.672. The van der Waals surface area contributed by atoms with Crippen molar-refractivity contribution in [2.75, 3.05) is 6.61 Å². The highest BCUT2D eigenvalue weighted by molar-refractivity contribution is 5.85. The Morgan fingerprint density at radius 2 is 2.14 bits per heavy atom. The number of hydrogen-bond donors (Lipinski definition) is 2. The van der Waals surface area contributed by atoms with Crippen molar-refractivity contribution in [1.82, 2.24) is 9.97 Å². The van der Waals surface area contributed by atoms with E-state index in [4.69, 9.17) is 9.94 Å². The second-order valence-corrected chi connectivity index (χ2v) is 5.25. The molecular weight excluding hydrogens is 278 g/mol. The van der Waals surface area contributed by atoms with E-state index >= 15 is 0 Å². The van der Waals surface area contributed by atoms with E-state index in [1.165, 1.54) is 0 Å². The summed E-state index contributed by atoms with van der Waals surface area (Å²) >= 11 is 0. The summed E-state index contributed by atoms with van der Waals surface area (Å²) in [5, 5.41) is 12.3. The van der Waals surface area contributed by atoms with Crippen LogP contribution in [0.4, 0.5) is 0 Å². The van der Waals surface area contributed by atoms with Gasteiger partial charge in [0.15, 0.2) is 0 Å². The Bertz CT molecular complexity index is 562. The van der Waals surface area contributed by atoms with E-state index in [2.05, 4.69) is 22.0 Å². The average Bonchev–Trinajstić information content (AvgIpc) is 3.06. The molecule has 0 bridgehead atoms. The lowest BCUT2D eigenvalue weighted by Crippen LogP contribution is -2.03. The zero-order valence-corrected chi connectivity index (χ0v) is 13.0. The fourth-order valence-corrected chi connectivity index (χ4v) is 2.27. The van der Waals surface area contributed by atoms with Gasteiger partial charge in [-0.3, -0.25) is 0 Å². The van der Waals surface area contributed by atoms with E-state index in [0.29, 0.717) is 13.0 Å². The summed E-state index contributed by atoms with van der Waals surface area (Å²) in [7, 11) is 0. The minimum atomic E-state index is 0.672. The van der Waals surface area contributed by atoms with Crippen LogP contribution < -0.4 is 4.74 Å². The Kier molecular flexibility index (Phi) is 6.48. The van der Waals surface area contributed by atoms with Gasteiger partial charge in [-0.15, -0.1) is 0 Å². The van der Waals surface area contributed by atoms with Crippen LogP contribution in [0.2, 0.25) is 0 Å². The average molecular weight is 301 g/mol. The Morgan fingerprint density at radius 1 is 1.32 bits per heavy atom. The minimum Gasteiger partial charge on any atom is -0.494 e. The van der Waals surface area contributed by atoms with Gasteiger partial charge in [-0.1, -0.05) is 30.6 Å². The number of imidazole rings is 1. The maximum absolute atomic E-state index is 8.95. The van der Waals surface area contributed by atoms with Crippen molar-refractivity contribution in [1.29, 1.82) is 0 Å². The second kappa shape index (κ2) is 8.87. The first-order chi connectivity index (χ1) is 10.8. The van der Waals surface area contributed by atoms with E-state index in [1.54, 1.807) is 6.33 Å². The lowest BCUT2D eigenvalue weighted by molar-refractivity contribution is 0.310. The highest BCUT2D eigenvalue weighted by Gasteiger charge is 2.02. The van der Waals surface area contributed by atoms with Crippen LogP contribution in [0.1, 0.15) is 37.4 Å². The van der Waals surface area contributed by atoms with Gasteiger partial charge < -0.3 is 14.9 Å². The fraction of sp³-hybridized carbons (Fsp3) is 0.412. The molecular formula is C17H23N3O2. The molecule has 5 nitrogen and oxygen atoms in total. The first kappa shape index (κ1) is 16.1. The summed E-state index contributed by atoms with van der Waals surface area (Å²) in [5.74, 6) is 0.865. The molecule has 22 heavy (non-hydrogen) atoms. The molecule has 2 rings (SSSR count). The van der Waals surface area contributed by atoms with Gasteiger partial charge in [-0.2, -0.15) is 0 Å². The quantitative estimate of drug-likeness (QED) is 0.322. The number of nitrogens with zero attached hydrogens (tertiary/aromatic N) is 2. The van der Waals surface area contributed by atoms with Crippen LogP contribution in [0.5, 0.6) is 5.75 Å². The van der Waals surface area contributed by atoms with E-state index in [0.717, 1.165) is 48.4 Å². The molecule has 0 aliphatic heterocycles. The molecule has 0 atom stereocenters. The summed E-state index contributed by atoms with van der Waals surface area (Å²) in [4.78, 5) is 7.12. The smallest absolute Gasteiger partial charge is 0.119 e. The summed E-state index contributed by atoms with van der Waals surface area (Å²) < 4.78 is 5.72. The number of aryl methyl sites for hydroxylation is 1. The third-order valence-corrected chi connectivity index (χ3v) is 3.41. The van der Waals surface area contributed by atoms with Crippen molar-refractivity contribution in [3.8, 4) is 5.75 Å². The number of nitrogens with one attached hydrogen (secondary N) is 1. The summed E-state index contributed by atoms with van der Waals surface area (Å²) in [5.41, 5.74) is 3.01. The Balaban J connectivity index is 1.74. The molecule has 2 aromatic rings. The molecule has 0 aliphatic rings. The molecule has 0 unspecified atom stereocenters. The first-order valence-electron chi connectivity index (χ1n) is 7.71. The van der Waals surface area contributed by atoms with Gasteiger partial charge in [0, 0.05) is 12.6 Å². The standard InChI is InChI=1S/C17H23N3O2/c1-2-4-15(20-21)11-14-6-8-17(9-7-14)22-10-3-5-16-12-18-13-19-16/h6-9,12-13,21H,2-5,10-11H2,1H3,(H,18,19). The van der Waals surface area contributed by atoms with E-state index < -0.39 is 0 Å². The first-order valence-corrected chi connectivity index (χ1v) is 7.71. The van der Waals surface area contributed by atoms with Crippen LogP contribution in [-0.4, -0.2) is 27.5 Å². The number of aromatic amines is 1. The maximum Gasteiger partial charge on any atom is 0.119 e. The molecule has 0 amide bonds. The van der Waals surface area contributed by atoms with Crippen LogP contribution in [0.15, 0.2) is 41.9 Å². The van der Waals surface area contributed by atoms with E-state index in [1.807, 2.05) is 30.5 Å². The zero-order valence-electron chi connectivity index (χ0n) is 13.0. The number of aromatic nitrogens is 2. The van der Waals surface area contributed by atoms with Gasteiger partial charge >= 0.3 is 0 Å². The van der Waals surface area contributed by atoms with Crippen LogP contribution in [0.25, 0.3) is 0 Å². The van der Waals surface area contributed by atoms with Gasteiger partial charge in [0.25, 0.3) is 0 Å². The lowest BCUT2D eigenvalue weighted by Gasteiger charge is -2.07. The third-order valence-electron chi connectivity index (χ3n) is 3.41. The zero-order chi connectivity index (χ0) is 15.6. The van der Waals surface area contributed by atoms with E-state index in [9.17, 15) is 0 Å². The second-order valence-electron chi connectivity index (χ2n) is 5.25. The SMILES string of the molecule is CCCC(Cc1ccc(OCCCc2c[nH]cn2)cc1)=NO. The van der Waals surface area contributed by atoms with Crippen LogP contribution >= 0.6 is 0 Å². The molecule has 0 saturated carbocycles. The monoisotopic (exact) mass is 301 g/mol. The predicted molar refractivity (Wildman–Crippen MR) is 86.7 cm³/mol. The topological polar surface area (TPSA) is 70.5 Å². The third kappa shape index (κ3) is 5.24. The number of hydrogen-bond acceptors (Lipinski definition) is 4. The molecule has 0 spiro atoms. The Hall–Kier alpha value is -2.30. The van der Waals surface area contributed by atoms with Crippen molar-refractivity contribution in [3.63, 3.8) is 0 Å². The van der Waals surface area contributed by atoms with Crippen LogP contribution in [0, 0.1) is 0 Å². The number of ether oxygens (including phenoxy) is 1. The number of oxime groups is 1. The molecule has 118 valence electrons. The Morgan fingerprint density at radius 3 is 2.77 bits per heavy atom.